The fraction of sp³-hybridized carbons (Fsp3) is 0.368. The van der Waals surface area contributed by atoms with Gasteiger partial charge in [0.25, 0.3) is 0 Å². The number of para-hydroxylation sites is 2. The summed E-state index contributed by atoms with van der Waals surface area (Å²) < 4.78 is 0. The molecule has 2 aromatic carbocycles. The maximum Gasteiger partial charge on any atom is 0.0376 e. The largest absolute Gasteiger partial charge is 0.385 e. The van der Waals surface area contributed by atoms with Crippen molar-refractivity contribution in [2.75, 3.05) is 23.7 Å². The summed E-state index contributed by atoms with van der Waals surface area (Å²) in [5.74, 6) is 0. The number of hydrogen-bond acceptors (Lipinski definition) is 2. The highest BCUT2D eigenvalue weighted by atomic mass is 14.9. The van der Waals surface area contributed by atoms with E-state index in [1.807, 2.05) is 0 Å². The van der Waals surface area contributed by atoms with Crippen LogP contribution in [0, 0.1) is 0 Å². The third kappa shape index (κ3) is 4.52. The van der Waals surface area contributed by atoms with Crippen LogP contribution in [0.3, 0.4) is 0 Å². The first-order valence-electron chi connectivity index (χ1n) is 7.98. The maximum atomic E-state index is 3.53. The lowest BCUT2D eigenvalue weighted by atomic mass is 10.0. The number of rotatable bonds is 8. The third-order valence-electron chi connectivity index (χ3n) is 3.55. The normalized spacial score (nSPS) is 10.4. The summed E-state index contributed by atoms with van der Waals surface area (Å²) in [5, 5.41) is 7.05. The predicted octanol–water partition coefficient (Wildman–Crippen LogP) is 4.92. The SMILES string of the molecule is CCCNc1ccccc1Cc1ccccc1NCCC. The van der Waals surface area contributed by atoms with Gasteiger partial charge in [-0.2, -0.15) is 0 Å². The van der Waals surface area contributed by atoms with E-state index < -0.39 is 0 Å². The van der Waals surface area contributed by atoms with Crippen LogP contribution in [0.2, 0.25) is 0 Å². The van der Waals surface area contributed by atoms with Gasteiger partial charge in [-0.15, -0.1) is 0 Å². The summed E-state index contributed by atoms with van der Waals surface area (Å²) in [6, 6.07) is 17.2. The van der Waals surface area contributed by atoms with Crippen molar-refractivity contribution in [2.24, 2.45) is 0 Å². The molecule has 0 heterocycles. The first-order chi connectivity index (χ1) is 10.3. The van der Waals surface area contributed by atoms with Gasteiger partial charge >= 0.3 is 0 Å². The van der Waals surface area contributed by atoms with Crippen molar-refractivity contribution in [3.63, 3.8) is 0 Å². The van der Waals surface area contributed by atoms with Crippen molar-refractivity contribution >= 4 is 11.4 Å². The van der Waals surface area contributed by atoms with E-state index in [0.29, 0.717) is 0 Å². The van der Waals surface area contributed by atoms with Crippen molar-refractivity contribution in [1.29, 1.82) is 0 Å². The van der Waals surface area contributed by atoms with Crippen molar-refractivity contribution in [3.8, 4) is 0 Å². The summed E-state index contributed by atoms with van der Waals surface area (Å²) in [5.41, 5.74) is 5.22. The van der Waals surface area contributed by atoms with Crippen molar-refractivity contribution in [1.82, 2.24) is 0 Å². The van der Waals surface area contributed by atoms with E-state index in [0.717, 1.165) is 32.4 Å². The molecule has 2 aromatic rings. The summed E-state index contributed by atoms with van der Waals surface area (Å²) in [7, 11) is 0. The molecule has 0 aliphatic heterocycles. The third-order valence-corrected chi connectivity index (χ3v) is 3.55. The lowest BCUT2D eigenvalue weighted by Crippen LogP contribution is -2.06. The Morgan fingerprint density at radius 2 is 1.10 bits per heavy atom. The molecular formula is C19H26N2. The molecule has 0 atom stereocenters. The van der Waals surface area contributed by atoms with Crippen LogP contribution in [0.15, 0.2) is 48.5 Å². The second kappa shape index (κ2) is 8.35. The van der Waals surface area contributed by atoms with Gasteiger partial charge in [-0.05, 0) is 36.1 Å². The highest BCUT2D eigenvalue weighted by Gasteiger charge is 2.06. The highest BCUT2D eigenvalue weighted by Crippen LogP contribution is 2.23. The Kier molecular flexibility index (Phi) is 6.14. The van der Waals surface area contributed by atoms with Crippen LogP contribution in [0.25, 0.3) is 0 Å². The van der Waals surface area contributed by atoms with Crippen LogP contribution in [0.5, 0.6) is 0 Å². The van der Waals surface area contributed by atoms with Crippen LogP contribution < -0.4 is 10.6 Å². The zero-order valence-corrected chi connectivity index (χ0v) is 13.2. The minimum absolute atomic E-state index is 0.958. The Morgan fingerprint density at radius 3 is 1.52 bits per heavy atom. The Labute approximate surface area is 128 Å². The molecule has 0 saturated carbocycles. The first kappa shape index (κ1) is 15.4. The van der Waals surface area contributed by atoms with E-state index in [2.05, 4.69) is 73.0 Å². The van der Waals surface area contributed by atoms with Crippen LogP contribution >= 0.6 is 0 Å². The summed E-state index contributed by atoms with van der Waals surface area (Å²) in [6.07, 6.45) is 3.24. The van der Waals surface area contributed by atoms with Gasteiger partial charge in [0, 0.05) is 30.9 Å². The van der Waals surface area contributed by atoms with E-state index in [4.69, 9.17) is 0 Å². The van der Waals surface area contributed by atoms with Crippen LogP contribution in [0.4, 0.5) is 11.4 Å². The molecule has 0 unspecified atom stereocenters. The van der Waals surface area contributed by atoms with Crippen molar-refractivity contribution < 1.29 is 0 Å². The van der Waals surface area contributed by atoms with E-state index in [-0.39, 0.29) is 0 Å². The molecule has 2 heteroatoms. The molecule has 21 heavy (non-hydrogen) atoms. The standard InChI is InChI=1S/C19H26N2/c1-3-13-20-18-11-7-5-9-16(18)15-17-10-6-8-12-19(17)21-14-4-2/h5-12,20-21H,3-4,13-15H2,1-2H3. The van der Waals surface area contributed by atoms with Gasteiger partial charge in [0.05, 0.1) is 0 Å². The Bertz CT molecular complexity index is 499. The lowest BCUT2D eigenvalue weighted by molar-refractivity contribution is 0.969. The maximum absolute atomic E-state index is 3.53. The fourth-order valence-electron chi connectivity index (χ4n) is 2.42. The predicted molar refractivity (Wildman–Crippen MR) is 93.3 cm³/mol. The van der Waals surface area contributed by atoms with E-state index >= 15 is 0 Å². The second-order valence-corrected chi connectivity index (χ2v) is 5.34. The van der Waals surface area contributed by atoms with Gasteiger partial charge in [0.2, 0.25) is 0 Å². The average molecular weight is 282 g/mol. The van der Waals surface area contributed by atoms with Crippen molar-refractivity contribution in [2.45, 2.75) is 33.1 Å². The van der Waals surface area contributed by atoms with Gasteiger partial charge in [0.15, 0.2) is 0 Å². The zero-order valence-electron chi connectivity index (χ0n) is 13.2. The Hall–Kier alpha value is -1.96. The van der Waals surface area contributed by atoms with Gasteiger partial charge in [-0.1, -0.05) is 50.2 Å². The minimum Gasteiger partial charge on any atom is -0.385 e. The molecule has 2 N–H and O–H groups in total. The average Bonchev–Trinajstić information content (AvgIpc) is 2.53. The summed E-state index contributed by atoms with van der Waals surface area (Å²) in [4.78, 5) is 0. The number of benzene rings is 2. The summed E-state index contributed by atoms with van der Waals surface area (Å²) >= 11 is 0. The molecule has 0 spiro atoms. The second-order valence-electron chi connectivity index (χ2n) is 5.34. The molecule has 0 aliphatic rings. The van der Waals surface area contributed by atoms with Crippen LogP contribution in [0.1, 0.15) is 37.8 Å². The Morgan fingerprint density at radius 1 is 0.667 bits per heavy atom. The molecule has 0 aliphatic carbocycles. The molecule has 0 fully saturated rings. The topological polar surface area (TPSA) is 24.1 Å². The number of hydrogen-bond donors (Lipinski definition) is 2. The molecule has 0 radical (unpaired) electrons. The van der Waals surface area contributed by atoms with Gasteiger partial charge in [-0.25, -0.2) is 0 Å². The van der Waals surface area contributed by atoms with E-state index in [9.17, 15) is 0 Å². The molecule has 112 valence electrons. The van der Waals surface area contributed by atoms with Crippen LogP contribution in [-0.2, 0) is 6.42 Å². The molecular weight excluding hydrogens is 256 g/mol. The quantitative estimate of drug-likeness (QED) is 0.718. The zero-order chi connectivity index (χ0) is 14.9. The van der Waals surface area contributed by atoms with Crippen LogP contribution in [-0.4, -0.2) is 13.1 Å². The molecule has 0 amide bonds. The van der Waals surface area contributed by atoms with E-state index in [1.165, 1.54) is 22.5 Å². The monoisotopic (exact) mass is 282 g/mol. The van der Waals surface area contributed by atoms with Crippen molar-refractivity contribution in [3.05, 3.63) is 59.7 Å². The number of nitrogens with one attached hydrogen (secondary N) is 2. The fourth-order valence-corrected chi connectivity index (χ4v) is 2.42. The summed E-state index contributed by atoms with van der Waals surface area (Å²) in [6.45, 7) is 6.43. The highest BCUT2D eigenvalue weighted by molar-refractivity contribution is 5.58. The van der Waals surface area contributed by atoms with Gasteiger partial charge in [-0.3, -0.25) is 0 Å². The Balaban J connectivity index is 2.18. The first-order valence-corrected chi connectivity index (χ1v) is 7.98. The van der Waals surface area contributed by atoms with Gasteiger partial charge < -0.3 is 10.6 Å². The van der Waals surface area contributed by atoms with Gasteiger partial charge in [0.1, 0.15) is 0 Å². The smallest absolute Gasteiger partial charge is 0.0376 e. The number of anilines is 2. The van der Waals surface area contributed by atoms with E-state index in [1.54, 1.807) is 0 Å². The minimum atomic E-state index is 0.958. The molecule has 0 aromatic heterocycles. The molecule has 0 saturated heterocycles. The lowest BCUT2D eigenvalue weighted by Gasteiger charge is -2.15. The molecule has 2 nitrogen and oxygen atoms in total. The molecule has 0 bridgehead atoms. The molecule has 2 rings (SSSR count).